The number of piperidine rings is 1. The molecule has 1 aromatic heterocycles. The molecule has 0 spiro atoms. The van der Waals surface area contributed by atoms with E-state index in [9.17, 15) is 9.18 Å². The lowest BCUT2D eigenvalue weighted by Gasteiger charge is -2.34. The minimum atomic E-state index is -0.357. The molecule has 134 valence electrons. The second-order valence-electron chi connectivity index (χ2n) is 6.61. The van der Waals surface area contributed by atoms with Gasteiger partial charge in [0.1, 0.15) is 5.82 Å². The molecule has 7 heteroatoms. The largest absolute Gasteiger partial charge is 0.339 e. The summed E-state index contributed by atoms with van der Waals surface area (Å²) < 4.78 is 18.6. The number of likely N-dealkylation sites (tertiary alicyclic amines) is 1. The fourth-order valence-corrected chi connectivity index (χ4v) is 3.14. The molecule has 2 heterocycles. The van der Waals surface area contributed by atoms with Crippen molar-refractivity contribution >= 4 is 11.6 Å². The van der Waals surface area contributed by atoms with Crippen molar-refractivity contribution in [1.29, 1.82) is 0 Å². The van der Waals surface area contributed by atoms with Crippen LogP contribution in [0.4, 0.5) is 10.1 Å². The van der Waals surface area contributed by atoms with Gasteiger partial charge < -0.3 is 9.84 Å². The van der Waals surface area contributed by atoms with Crippen LogP contribution in [0.3, 0.4) is 0 Å². The first kappa shape index (κ1) is 17.5. The Bertz CT molecular complexity index is 753. The van der Waals surface area contributed by atoms with Gasteiger partial charge in [0.25, 0.3) is 0 Å². The zero-order valence-corrected chi connectivity index (χ0v) is 14.8. The second kappa shape index (κ2) is 7.31. The van der Waals surface area contributed by atoms with E-state index >= 15 is 0 Å². The Morgan fingerprint density at radius 2 is 2.08 bits per heavy atom. The van der Waals surface area contributed by atoms with Crippen molar-refractivity contribution in [2.24, 2.45) is 0 Å². The van der Waals surface area contributed by atoms with E-state index in [1.807, 2.05) is 20.8 Å². The average molecular weight is 346 g/mol. The highest BCUT2D eigenvalue weighted by Crippen LogP contribution is 2.28. The van der Waals surface area contributed by atoms with Gasteiger partial charge in [-0.25, -0.2) is 4.39 Å². The highest BCUT2D eigenvalue weighted by atomic mass is 19.1. The summed E-state index contributed by atoms with van der Waals surface area (Å²) in [6, 6.07) is 4.11. The van der Waals surface area contributed by atoms with Gasteiger partial charge in [-0.05, 0) is 64.4 Å². The zero-order chi connectivity index (χ0) is 18.0. The maximum absolute atomic E-state index is 13.4. The molecule has 1 amide bonds. The van der Waals surface area contributed by atoms with Crippen LogP contribution < -0.4 is 5.32 Å². The van der Waals surface area contributed by atoms with E-state index < -0.39 is 0 Å². The average Bonchev–Trinajstić information content (AvgIpc) is 3.04. The van der Waals surface area contributed by atoms with Crippen molar-refractivity contribution in [3.8, 4) is 0 Å². The molecule has 0 radical (unpaired) electrons. The number of anilines is 1. The molecule has 1 aromatic carbocycles. The van der Waals surface area contributed by atoms with Crippen LogP contribution in [0.2, 0.25) is 0 Å². The van der Waals surface area contributed by atoms with Crippen molar-refractivity contribution in [3.63, 3.8) is 0 Å². The highest BCUT2D eigenvalue weighted by Gasteiger charge is 2.29. The number of carbonyl (C=O) groups excluding carboxylic acids is 1. The quantitative estimate of drug-likeness (QED) is 0.921. The molecule has 3 rings (SSSR count). The van der Waals surface area contributed by atoms with E-state index in [1.54, 1.807) is 6.07 Å². The molecule has 1 unspecified atom stereocenters. The smallest absolute Gasteiger partial charge is 0.241 e. The Labute approximate surface area is 146 Å². The summed E-state index contributed by atoms with van der Waals surface area (Å²) in [5.74, 6) is 1.10. The number of rotatable bonds is 4. The lowest BCUT2D eigenvalue weighted by molar-refractivity contribution is -0.121. The molecule has 1 N–H and O–H groups in total. The number of aromatic nitrogens is 2. The SMILES string of the molecule is Cc1noc(C2CCN(C(C)C(=O)Nc3cc(F)ccc3C)CC2)n1. The second-order valence-corrected chi connectivity index (χ2v) is 6.61. The predicted molar refractivity (Wildman–Crippen MR) is 91.8 cm³/mol. The summed E-state index contributed by atoms with van der Waals surface area (Å²) in [6.07, 6.45) is 1.75. The molecule has 2 aromatic rings. The molecule has 1 aliphatic heterocycles. The number of hydrogen-bond acceptors (Lipinski definition) is 5. The van der Waals surface area contributed by atoms with Gasteiger partial charge in [0.15, 0.2) is 5.82 Å². The summed E-state index contributed by atoms with van der Waals surface area (Å²) in [5.41, 5.74) is 1.36. The number of hydrogen-bond donors (Lipinski definition) is 1. The molecule has 25 heavy (non-hydrogen) atoms. The number of carbonyl (C=O) groups is 1. The maximum Gasteiger partial charge on any atom is 0.241 e. The van der Waals surface area contributed by atoms with Crippen LogP contribution in [-0.2, 0) is 4.79 Å². The summed E-state index contributed by atoms with van der Waals surface area (Å²) in [5, 5.41) is 6.67. The van der Waals surface area contributed by atoms with E-state index in [-0.39, 0.29) is 23.7 Å². The number of nitrogens with one attached hydrogen (secondary N) is 1. The topological polar surface area (TPSA) is 71.3 Å². The number of benzene rings is 1. The molecular weight excluding hydrogens is 323 g/mol. The molecule has 6 nitrogen and oxygen atoms in total. The summed E-state index contributed by atoms with van der Waals surface area (Å²) in [6.45, 7) is 7.09. The Morgan fingerprint density at radius 3 is 2.72 bits per heavy atom. The lowest BCUT2D eigenvalue weighted by atomic mass is 9.95. The van der Waals surface area contributed by atoms with Gasteiger partial charge in [-0.2, -0.15) is 4.98 Å². The third-order valence-corrected chi connectivity index (χ3v) is 4.81. The number of halogens is 1. The highest BCUT2D eigenvalue weighted by molar-refractivity contribution is 5.95. The van der Waals surface area contributed by atoms with Crippen LogP contribution in [0.25, 0.3) is 0 Å². The van der Waals surface area contributed by atoms with Gasteiger partial charge in [0, 0.05) is 11.6 Å². The van der Waals surface area contributed by atoms with Gasteiger partial charge in [-0.3, -0.25) is 9.69 Å². The van der Waals surface area contributed by atoms with Crippen LogP contribution in [0.15, 0.2) is 22.7 Å². The molecule has 1 aliphatic rings. The molecule has 0 bridgehead atoms. The zero-order valence-electron chi connectivity index (χ0n) is 14.8. The van der Waals surface area contributed by atoms with E-state index in [2.05, 4.69) is 20.4 Å². The van der Waals surface area contributed by atoms with Crippen molar-refractivity contribution in [1.82, 2.24) is 15.0 Å². The van der Waals surface area contributed by atoms with E-state index in [1.165, 1.54) is 12.1 Å². The molecule has 0 saturated carbocycles. The minimum Gasteiger partial charge on any atom is -0.339 e. The summed E-state index contributed by atoms with van der Waals surface area (Å²) >= 11 is 0. The van der Waals surface area contributed by atoms with Gasteiger partial charge in [0.2, 0.25) is 11.8 Å². The van der Waals surface area contributed by atoms with Gasteiger partial charge in [0.05, 0.1) is 6.04 Å². The molecule has 1 atom stereocenters. The van der Waals surface area contributed by atoms with E-state index in [4.69, 9.17) is 4.52 Å². The Kier molecular flexibility index (Phi) is 5.13. The first-order valence-electron chi connectivity index (χ1n) is 8.55. The van der Waals surface area contributed by atoms with Crippen LogP contribution in [0.1, 0.15) is 43.0 Å². The molecule has 0 aliphatic carbocycles. The standard InChI is InChI=1S/C18H23FN4O2/c1-11-4-5-15(19)10-16(11)21-17(24)12(2)23-8-6-14(7-9-23)18-20-13(3)22-25-18/h4-5,10,12,14H,6-9H2,1-3H3,(H,21,24). The number of amides is 1. The third-order valence-electron chi connectivity index (χ3n) is 4.81. The van der Waals surface area contributed by atoms with Crippen LogP contribution in [0.5, 0.6) is 0 Å². The Balaban J connectivity index is 1.57. The molecule has 1 fully saturated rings. The van der Waals surface area contributed by atoms with Crippen LogP contribution >= 0.6 is 0 Å². The van der Waals surface area contributed by atoms with Gasteiger partial charge in [-0.1, -0.05) is 11.2 Å². The van der Waals surface area contributed by atoms with Crippen molar-refractivity contribution in [3.05, 3.63) is 41.3 Å². The lowest BCUT2D eigenvalue weighted by Crippen LogP contribution is -2.45. The minimum absolute atomic E-state index is 0.124. The van der Waals surface area contributed by atoms with Crippen molar-refractivity contribution in [2.45, 2.75) is 45.6 Å². The number of aryl methyl sites for hydroxylation is 2. The van der Waals surface area contributed by atoms with Crippen LogP contribution in [-0.4, -0.2) is 40.1 Å². The molecule has 1 saturated heterocycles. The first-order chi connectivity index (χ1) is 11.9. The normalized spacial score (nSPS) is 17.4. The Morgan fingerprint density at radius 1 is 1.36 bits per heavy atom. The van der Waals surface area contributed by atoms with Gasteiger partial charge in [-0.15, -0.1) is 0 Å². The molecular formula is C18H23FN4O2. The summed E-state index contributed by atoms with van der Waals surface area (Å²) in [7, 11) is 0. The maximum atomic E-state index is 13.4. The first-order valence-corrected chi connectivity index (χ1v) is 8.55. The monoisotopic (exact) mass is 346 g/mol. The third kappa shape index (κ3) is 4.04. The summed E-state index contributed by atoms with van der Waals surface area (Å²) in [4.78, 5) is 18.9. The van der Waals surface area contributed by atoms with Gasteiger partial charge >= 0.3 is 0 Å². The van der Waals surface area contributed by atoms with E-state index in [0.29, 0.717) is 17.4 Å². The predicted octanol–water partition coefficient (Wildman–Crippen LogP) is 3.03. The van der Waals surface area contributed by atoms with Crippen LogP contribution in [0, 0.1) is 19.7 Å². The van der Waals surface area contributed by atoms with E-state index in [0.717, 1.165) is 31.5 Å². The van der Waals surface area contributed by atoms with Crippen molar-refractivity contribution in [2.75, 3.05) is 18.4 Å². The fraction of sp³-hybridized carbons (Fsp3) is 0.500. The Hall–Kier alpha value is -2.28. The fourth-order valence-electron chi connectivity index (χ4n) is 3.14. The van der Waals surface area contributed by atoms with Crippen molar-refractivity contribution < 1.29 is 13.7 Å². The number of nitrogens with zero attached hydrogens (tertiary/aromatic N) is 3.